The number of nitrogens with zero attached hydrogens (tertiary/aromatic N) is 5. The van der Waals surface area contributed by atoms with Crippen molar-refractivity contribution in [3.05, 3.63) is 52.9 Å². The molecular weight excluding hydrogens is 462 g/mol. The second-order valence-corrected chi connectivity index (χ2v) is 9.80. The fourth-order valence-electron chi connectivity index (χ4n) is 5.16. The summed E-state index contributed by atoms with van der Waals surface area (Å²) in [6.45, 7) is 11.7. The molecule has 1 aromatic carbocycles. The lowest BCUT2D eigenvalue weighted by atomic mass is 10.1. The minimum absolute atomic E-state index is 0.115. The van der Waals surface area contributed by atoms with Gasteiger partial charge in [-0.15, -0.1) is 0 Å². The van der Waals surface area contributed by atoms with Gasteiger partial charge in [-0.3, -0.25) is 14.7 Å². The van der Waals surface area contributed by atoms with Crippen molar-refractivity contribution in [2.45, 2.75) is 46.2 Å². The molecule has 182 valence electrons. The van der Waals surface area contributed by atoms with Crippen LogP contribution in [0.3, 0.4) is 0 Å². The number of halogens is 1. The Morgan fingerprint density at radius 3 is 2.66 bits per heavy atom. The molecule has 2 atom stereocenters. The summed E-state index contributed by atoms with van der Waals surface area (Å²) in [5, 5.41) is 6.84. The van der Waals surface area contributed by atoms with E-state index in [2.05, 4.69) is 57.2 Å². The summed E-state index contributed by atoms with van der Waals surface area (Å²) in [7, 11) is 0. The van der Waals surface area contributed by atoms with Crippen LogP contribution in [0.2, 0.25) is 5.02 Å². The Kier molecular flexibility index (Phi) is 6.34. The first kappa shape index (κ1) is 23.5. The van der Waals surface area contributed by atoms with Gasteiger partial charge in [0.25, 0.3) is 0 Å². The quantitative estimate of drug-likeness (QED) is 0.549. The molecule has 9 heteroatoms. The molecule has 1 saturated heterocycles. The fraction of sp³-hybridized carbons (Fsp3) is 0.385. The van der Waals surface area contributed by atoms with E-state index in [1.807, 2.05) is 19.2 Å². The molecule has 0 bridgehead atoms. The second-order valence-electron chi connectivity index (χ2n) is 9.37. The molecule has 0 spiro atoms. The van der Waals surface area contributed by atoms with Crippen molar-refractivity contribution in [1.82, 2.24) is 19.9 Å². The molecule has 8 nitrogen and oxygen atoms in total. The van der Waals surface area contributed by atoms with Crippen molar-refractivity contribution in [2.75, 3.05) is 35.2 Å². The number of benzene rings is 1. The zero-order valence-corrected chi connectivity index (χ0v) is 21.2. The van der Waals surface area contributed by atoms with Crippen LogP contribution in [-0.2, 0) is 11.2 Å². The van der Waals surface area contributed by atoms with Crippen molar-refractivity contribution in [1.29, 1.82) is 0 Å². The maximum Gasteiger partial charge on any atom is 0.228 e. The maximum absolute atomic E-state index is 12.4. The minimum Gasteiger partial charge on any atom is -0.367 e. The topological polar surface area (TPSA) is 86.3 Å². The molecule has 2 aliphatic heterocycles. The number of likely N-dealkylation sites (N-methyl/N-ethyl adjacent to an activating group) is 1. The fourth-order valence-corrected chi connectivity index (χ4v) is 5.33. The standard InChI is InChI=1S/C26H30ClN7O/c1-5-34-15(2)13-33(14-16(34)3)20-10-22(17(4)28-12-20)31-26-29-11-18-8-24(35)30-23-9-19(27)6-7-21(23)25(18)32-26/h6-7,9-12,15-16H,5,8,13-14H2,1-4H3,(H,30,35)(H,29,31,32)/t15-,16+. The molecule has 4 heterocycles. The lowest BCUT2D eigenvalue weighted by Gasteiger charge is -2.45. The maximum atomic E-state index is 12.4. The Morgan fingerprint density at radius 2 is 1.91 bits per heavy atom. The van der Waals surface area contributed by atoms with Gasteiger partial charge in [0.2, 0.25) is 11.9 Å². The van der Waals surface area contributed by atoms with Crippen LogP contribution < -0.4 is 15.5 Å². The molecule has 35 heavy (non-hydrogen) atoms. The zero-order chi connectivity index (χ0) is 24.7. The van der Waals surface area contributed by atoms with Crippen molar-refractivity contribution in [2.24, 2.45) is 0 Å². The van der Waals surface area contributed by atoms with Crippen molar-refractivity contribution in [3.8, 4) is 11.3 Å². The van der Waals surface area contributed by atoms with Crippen molar-refractivity contribution >= 4 is 40.5 Å². The van der Waals surface area contributed by atoms with Crippen molar-refractivity contribution < 1.29 is 4.79 Å². The van der Waals surface area contributed by atoms with Crippen LogP contribution in [0.1, 0.15) is 32.0 Å². The number of aromatic nitrogens is 3. The highest BCUT2D eigenvalue weighted by Crippen LogP contribution is 2.35. The largest absolute Gasteiger partial charge is 0.367 e. The molecule has 1 amide bonds. The van der Waals surface area contributed by atoms with Gasteiger partial charge in [-0.2, -0.15) is 0 Å². The number of hydrogen-bond donors (Lipinski definition) is 2. The number of aryl methyl sites for hydroxylation is 1. The van der Waals surface area contributed by atoms with E-state index in [-0.39, 0.29) is 12.3 Å². The van der Waals surface area contributed by atoms with Gasteiger partial charge < -0.3 is 15.5 Å². The van der Waals surface area contributed by atoms with Crippen LogP contribution in [0.4, 0.5) is 23.0 Å². The van der Waals surface area contributed by atoms with Crippen LogP contribution in [0.5, 0.6) is 0 Å². The number of fused-ring (bicyclic) bond motifs is 3. The van der Waals surface area contributed by atoms with Gasteiger partial charge in [-0.05, 0) is 51.6 Å². The van der Waals surface area contributed by atoms with Crippen LogP contribution in [-0.4, -0.2) is 57.5 Å². The van der Waals surface area contributed by atoms with Crippen LogP contribution >= 0.6 is 11.6 Å². The molecule has 0 saturated carbocycles. The predicted octanol–water partition coefficient (Wildman–Crippen LogP) is 4.66. The summed E-state index contributed by atoms with van der Waals surface area (Å²) in [5.41, 5.74) is 5.77. The second kappa shape index (κ2) is 9.43. The first-order chi connectivity index (χ1) is 16.8. The van der Waals surface area contributed by atoms with Gasteiger partial charge in [0.05, 0.1) is 41.1 Å². The molecule has 2 aromatic heterocycles. The van der Waals surface area contributed by atoms with E-state index in [1.54, 1.807) is 18.3 Å². The van der Waals surface area contributed by atoms with Crippen LogP contribution in [0, 0.1) is 6.92 Å². The third-order valence-electron chi connectivity index (χ3n) is 6.88. The number of nitrogens with one attached hydrogen (secondary N) is 2. The Labute approximate surface area is 210 Å². The number of carbonyl (C=O) groups excluding carboxylic acids is 1. The molecule has 0 radical (unpaired) electrons. The van der Waals surface area contributed by atoms with Crippen LogP contribution in [0.25, 0.3) is 11.3 Å². The SMILES string of the molecule is CCN1[C@H](C)CN(c2cnc(C)c(Nc3ncc4c(n3)-c3ccc(Cl)cc3NC(=O)C4)c2)C[C@@H]1C. The number of carbonyl (C=O) groups is 1. The Bertz CT molecular complexity index is 1270. The zero-order valence-electron chi connectivity index (χ0n) is 20.5. The monoisotopic (exact) mass is 491 g/mol. The molecular formula is C26H30ClN7O. The smallest absolute Gasteiger partial charge is 0.228 e. The van der Waals surface area contributed by atoms with Gasteiger partial charge in [-0.25, -0.2) is 9.97 Å². The highest BCUT2D eigenvalue weighted by molar-refractivity contribution is 6.31. The van der Waals surface area contributed by atoms with E-state index >= 15 is 0 Å². The molecule has 0 aliphatic carbocycles. The lowest BCUT2D eigenvalue weighted by molar-refractivity contribution is -0.115. The van der Waals surface area contributed by atoms with Gasteiger partial charge in [0.15, 0.2) is 0 Å². The van der Waals surface area contributed by atoms with Crippen LogP contribution in [0.15, 0.2) is 36.7 Å². The summed E-state index contributed by atoms with van der Waals surface area (Å²) in [6.07, 6.45) is 3.86. The number of anilines is 4. The molecule has 2 aliphatic rings. The number of hydrogen-bond acceptors (Lipinski definition) is 7. The number of rotatable bonds is 4. The summed E-state index contributed by atoms with van der Waals surface area (Å²) < 4.78 is 0. The highest BCUT2D eigenvalue weighted by Gasteiger charge is 2.29. The molecule has 2 N–H and O–H groups in total. The highest BCUT2D eigenvalue weighted by atomic mass is 35.5. The lowest BCUT2D eigenvalue weighted by Crippen LogP contribution is -2.56. The third kappa shape index (κ3) is 4.68. The van der Waals surface area contributed by atoms with Gasteiger partial charge >= 0.3 is 0 Å². The molecule has 0 unspecified atom stereocenters. The van der Waals surface area contributed by atoms with Gasteiger partial charge in [0.1, 0.15) is 0 Å². The summed E-state index contributed by atoms with van der Waals surface area (Å²) in [6, 6.07) is 8.49. The van der Waals surface area contributed by atoms with E-state index in [0.717, 1.165) is 47.8 Å². The number of pyridine rings is 1. The first-order valence-electron chi connectivity index (χ1n) is 12.0. The van der Waals surface area contributed by atoms with Crippen molar-refractivity contribution in [3.63, 3.8) is 0 Å². The van der Waals surface area contributed by atoms with E-state index in [0.29, 0.717) is 34.4 Å². The summed E-state index contributed by atoms with van der Waals surface area (Å²) in [4.78, 5) is 31.3. The third-order valence-corrected chi connectivity index (χ3v) is 7.11. The summed E-state index contributed by atoms with van der Waals surface area (Å²) >= 11 is 6.16. The molecule has 1 fully saturated rings. The average Bonchev–Trinajstić information content (AvgIpc) is 2.94. The first-order valence-corrected chi connectivity index (χ1v) is 12.4. The number of piperazine rings is 1. The summed E-state index contributed by atoms with van der Waals surface area (Å²) in [5.74, 6) is 0.342. The van der Waals surface area contributed by atoms with Gasteiger partial charge in [0, 0.05) is 47.5 Å². The Morgan fingerprint density at radius 1 is 1.14 bits per heavy atom. The van der Waals surface area contributed by atoms with E-state index < -0.39 is 0 Å². The molecule has 3 aromatic rings. The Balaban J connectivity index is 1.45. The Hall–Kier alpha value is -3.23. The van der Waals surface area contributed by atoms with E-state index in [4.69, 9.17) is 16.6 Å². The van der Waals surface area contributed by atoms with E-state index in [9.17, 15) is 4.79 Å². The van der Waals surface area contributed by atoms with Gasteiger partial charge in [-0.1, -0.05) is 18.5 Å². The minimum atomic E-state index is -0.115. The number of amides is 1. The van der Waals surface area contributed by atoms with E-state index in [1.165, 1.54) is 0 Å². The predicted molar refractivity (Wildman–Crippen MR) is 141 cm³/mol. The normalized spacial score (nSPS) is 20.0. The molecule has 5 rings (SSSR count). The average molecular weight is 492 g/mol.